The second-order valence-corrected chi connectivity index (χ2v) is 7.15. The minimum Gasteiger partial charge on any atom is -0.255 e. The van der Waals surface area contributed by atoms with Crippen LogP contribution in [-0.4, -0.2) is 30.6 Å². The first-order valence-electron chi connectivity index (χ1n) is 5.63. The Bertz CT molecular complexity index is 518. The Morgan fingerprint density at radius 1 is 1.56 bits per heavy atom. The van der Waals surface area contributed by atoms with Crippen molar-refractivity contribution in [3.63, 3.8) is 0 Å². The lowest BCUT2D eigenvalue weighted by Crippen LogP contribution is -2.32. The number of alkyl halides is 1. The summed E-state index contributed by atoms with van der Waals surface area (Å²) in [6.45, 7) is 0.406. The van der Waals surface area contributed by atoms with E-state index in [0.717, 1.165) is 19.3 Å². The Labute approximate surface area is 117 Å². The molecule has 0 aromatic carbocycles. The molecule has 0 aliphatic heterocycles. The molecule has 1 saturated carbocycles. The summed E-state index contributed by atoms with van der Waals surface area (Å²) in [6.07, 6.45) is 4.18. The number of hydrogen-bond acceptors (Lipinski definition) is 3. The van der Waals surface area contributed by atoms with Gasteiger partial charge < -0.3 is 0 Å². The SMILES string of the molecule is Cn1ncc(Cl)c1S(=O)(=O)NCC1(CCCl)CC1. The van der Waals surface area contributed by atoms with Crippen molar-refractivity contribution in [1.29, 1.82) is 0 Å². The first-order valence-corrected chi connectivity index (χ1v) is 8.03. The summed E-state index contributed by atoms with van der Waals surface area (Å²) in [5.74, 6) is 0.550. The molecule has 0 amide bonds. The zero-order valence-corrected chi connectivity index (χ0v) is 12.3. The van der Waals surface area contributed by atoms with E-state index < -0.39 is 10.0 Å². The van der Waals surface area contributed by atoms with E-state index in [9.17, 15) is 8.42 Å². The maximum absolute atomic E-state index is 12.1. The summed E-state index contributed by atoms with van der Waals surface area (Å²) in [5.41, 5.74) is 0.0416. The van der Waals surface area contributed by atoms with Gasteiger partial charge in [0.15, 0.2) is 5.03 Å². The predicted octanol–water partition coefficient (Wildman–Crippen LogP) is 1.76. The number of aromatic nitrogens is 2. The fourth-order valence-corrected chi connectivity index (χ4v) is 4.12. The first-order chi connectivity index (χ1) is 8.40. The molecular formula is C10H15Cl2N3O2S. The molecule has 18 heavy (non-hydrogen) atoms. The van der Waals surface area contributed by atoms with Gasteiger partial charge in [0.2, 0.25) is 0 Å². The van der Waals surface area contributed by atoms with E-state index in [1.54, 1.807) is 7.05 Å². The molecule has 1 heterocycles. The quantitative estimate of drug-likeness (QED) is 0.814. The number of nitrogens with one attached hydrogen (secondary N) is 1. The molecule has 0 saturated heterocycles. The largest absolute Gasteiger partial charge is 0.259 e. The summed E-state index contributed by atoms with van der Waals surface area (Å²) in [5, 5.41) is 3.96. The van der Waals surface area contributed by atoms with Crippen LogP contribution in [0.2, 0.25) is 5.02 Å². The molecule has 0 bridgehead atoms. The van der Waals surface area contributed by atoms with E-state index in [1.165, 1.54) is 10.9 Å². The minimum absolute atomic E-state index is 0.00541. The van der Waals surface area contributed by atoms with E-state index >= 15 is 0 Å². The standard InChI is InChI=1S/C10H15Cl2N3O2S/c1-15-9(8(12)6-13-15)18(16,17)14-7-10(2-3-10)4-5-11/h6,14H,2-5,7H2,1H3. The van der Waals surface area contributed by atoms with Crippen molar-refractivity contribution in [2.45, 2.75) is 24.3 Å². The highest BCUT2D eigenvalue weighted by molar-refractivity contribution is 7.89. The molecule has 102 valence electrons. The average molecular weight is 312 g/mol. The van der Waals surface area contributed by atoms with Crippen LogP contribution in [0.4, 0.5) is 0 Å². The van der Waals surface area contributed by atoms with Gasteiger partial charge in [0, 0.05) is 19.5 Å². The van der Waals surface area contributed by atoms with E-state index in [4.69, 9.17) is 23.2 Å². The van der Waals surface area contributed by atoms with Crippen molar-refractivity contribution < 1.29 is 8.42 Å². The number of sulfonamides is 1. The Morgan fingerprint density at radius 2 is 2.22 bits per heavy atom. The zero-order valence-electron chi connectivity index (χ0n) is 9.99. The third-order valence-electron chi connectivity index (χ3n) is 3.32. The van der Waals surface area contributed by atoms with Gasteiger partial charge in [-0.15, -0.1) is 11.6 Å². The molecule has 0 unspecified atom stereocenters. The van der Waals surface area contributed by atoms with Crippen LogP contribution in [0.5, 0.6) is 0 Å². The van der Waals surface area contributed by atoms with E-state index in [1.807, 2.05) is 0 Å². The lowest BCUT2D eigenvalue weighted by molar-refractivity contribution is 0.475. The van der Waals surface area contributed by atoms with Gasteiger partial charge in [0.25, 0.3) is 10.0 Å². The average Bonchev–Trinajstić information content (AvgIpc) is 2.97. The lowest BCUT2D eigenvalue weighted by Gasteiger charge is -2.14. The molecule has 2 rings (SSSR count). The topological polar surface area (TPSA) is 64.0 Å². The van der Waals surface area contributed by atoms with Crippen LogP contribution < -0.4 is 4.72 Å². The summed E-state index contributed by atoms with van der Waals surface area (Å²) in [6, 6.07) is 0. The normalized spacial score (nSPS) is 17.9. The fourth-order valence-electron chi connectivity index (χ4n) is 1.91. The molecule has 1 aliphatic rings. The fraction of sp³-hybridized carbons (Fsp3) is 0.700. The molecule has 0 spiro atoms. The molecule has 1 aromatic heterocycles. The van der Waals surface area contributed by atoms with Gasteiger partial charge in [-0.3, -0.25) is 4.68 Å². The minimum atomic E-state index is -3.61. The maximum atomic E-state index is 12.1. The summed E-state index contributed by atoms with van der Waals surface area (Å²) in [7, 11) is -2.07. The summed E-state index contributed by atoms with van der Waals surface area (Å²) in [4.78, 5) is 0. The predicted molar refractivity (Wildman–Crippen MR) is 70.4 cm³/mol. The van der Waals surface area contributed by atoms with Crippen LogP contribution >= 0.6 is 23.2 Å². The number of rotatable bonds is 6. The van der Waals surface area contributed by atoms with Gasteiger partial charge in [-0.25, -0.2) is 13.1 Å². The van der Waals surface area contributed by atoms with E-state index in [0.29, 0.717) is 12.4 Å². The van der Waals surface area contributed by atoms with Crippen LogP contribution in [0, 0.1) is 5.41 Å². The van der Waals surface area contributed by atoms with Gasteiger partial charge >= 0.3 is 0 Å². The molecule has 5 nitrogen and oxygen atoms in total. The Kier molecular flexibility index (Phi) is 3.92. The smallest absolute Gasteiger partial charge is 0.255 e. The molecule has 0 atom stereocenters. The number of halogens is 2. The van der Waals surface area contributed by atoms with E-state index in [2.05, 4.69) is 9.82 Å². The van der Waals surface area contributed by atoms with Crippen molar-refractivity contribution in [3.8, 4) is 0 Å². The molecule has 1 fully saturated rings. The molecular weight excluding hydrogens is 297 g/mol. The number of aryl methyl sites for hydroxylation is 1. The van der Waals surface area contributed by atoms with Crippen LogP contribution in [0.15, 0.2) is 11.2 Å². The van der Waals surface area contributed by atoms with Gasteiger partial charge in [-0.1, -0.05) is 11.6 Å². The summed E-state index contributed by atoms with van der Waals surface area (Å²) >= 11 is 11.5. The van der Waals surface area contributed by atoms with Gasteiger partial charge in [-0.05, 0) is 24.7 Å². The molecule has 1 N–H and O–H groups in total. The molecule has 8 heteroatoms. The van der Waals surface area contributed by atoms with Crippen molar-refractivity contribution in [2.24, 2.45) is 12.5 Å². The van der Waals surface area contributed by atoms with Gasteiger partial charge in [-0.2, -0.15) is 5.10 Å². The highest BCUT2D eigenvalue weighted by Gasteiger charge is 2.42. The van der Waals surface area contributed by atoms with Crippen molar-refractivity contribution >= 4 is 33.2 Å². The second kappa shape index (κ2) is 5.00. The molecule has 1 aliphatic carbocycles. The number of hydrogen-bond donors (Lipinski definition) is 1. The molecule has 0 radical (unpaired) electrons. The Morgan fingerprint density at radius 3 is 2.67 bits per heavy atom. The van der Waals surface area contributed by atoms with Crippen LogP contribution in [0.25, 0.3) is 0 Å². The third kappa shape index (κ3) is 2.82. The van der Waals surface area contributed by atoms with Crippen LogP contribution in [-0.2, 0) is 17.1 Å². The zero-order chi connectivity index (χ0) is 13.4. The van der Waals surface area contributed by atoms with Crippen molar-refractivity contribution in [3.05, 3.63) is 11.2 Å². The maximum Gasteiger partial charge on any atom is 0.259 e. The van der Waals surface area contributed by atoms with Crippen molar-refractivity contribution in [2.75, 3.05) is 12.4 Å². The Hall–Kier alpha value is -0.300. The van der Waals surface area contributed by atoms with Crippen molar-refractivity contribution in [1.82, 2.24) is 14.5 Å². The lowest BCUT2D eigenvalue weighted by atomic mass is 10.1. The Balaban J connectivity index is 2.09. The number of nitrogens with zero attached hydrogens (tertiary/aromatic N) is 2. The summed E-state index contributed by atoms with van der Waals surface area (Å²) < 4.78 is 28.1. The highest BCUT2D eigenvalue weighted by atomic mass is 35.5. The second-order valence-electron chi connectivity index (χ2n) is 4.68. The van der Waals surface area contributed by atoms with Gasteiger partial charge in [0.05, 0.1) is 11.2 Å². The van der Waals surface area contributed by atoms with Crippen LogP contribution in [0.3, 0.4) is 0 Å². The third-order valence-corrected chi connectivity index (χ3v) is 5.41. The van der Waals surface area contributed by atoms with Crippen LogP contribution in [0.1, 0.15) is 19.3 Å². The monoisotopic (exact) mass is 311 g/mol. The first kappa shape index (κ1) is 14.1. The molecule has 1 aromatic rings. The van der Waals surface area contributed by atoms with E-state index in [-0.39, 0.29) is 15.5 Å². The highest BCUT2D eigenvalue weighted by Crippen LogP contribution is 2.48. The van der Waals surface area contributed by atoms with Gasteiger partial charge in [0.1, 0.15) is 0 Å².